The molecule has 0 aromatic heterocycles. The van der Waals surface area contributed by atoms with Crippen LogP contribution in [0.2, 0.25) is 0 Å². The average molecular weight is 263 g/mol. The zero-order valence-corrected chi connectivity index (χ0v) is 11.2. The van der Waals surface area contributed by atoms with Crippen molar-refractivity contribution >= 4 is 18.3 Å². The molecule has 2 atom stereocenters. The number of carbonyl (C=O) groups is 1. The maximum absolute atomic E-state index is 12.1. The van der Waals surface area contributed by atoms with E-state index in [1.54, 1.807) is 0 Å². The van der Waals surface area contributed by atoms with Gasteiger partial charge in [0.1, 0.15) is 0 Å². The molecule has 0 spiro atoms. The van der Waals surface area contributed by atoms with Crippen LogP contribution in [-0.4, -0.2) is 47.7 Å². The lowest BCUT2D eigenvalue weighted by Gasteiger charge is -2.34. The molecular formula is C12H23ClN2O2. The largest absolute Gasteiger partial charge is 0.393 e. The lowest BCUT2D eigenvalue weighted by atomic mass is 9.92. The third-order valence-corrected chi connectivity index (χ3v) is 3.89. The number of amides is 1. The van der Waals surface area contributed by atoms with Crippen molar-refractivity contribution in [1.82, 2.24) is 10.2 Å². The van der Waals surface area contributed by atoms with Crippen LogP contribution in [0.4, 0.5) is 0 Å². The highest BCUT2D eigenvalue weighted by molar-refractivity contribution is 5.85. The molecule has 2 aliphatic rings. The van der Waals surface area contributed by atoms with Crippen LogP contribution in [0.15, 0.2) is 0 Å². The van der Waals surface area contributed by atoms with Crippen molar-refractivity contribution < 1.29 is 9.90 Å². The summed E-state index contributed by atoms with van der Waals surface area (Å²) in [4.78, 5) is 14.0. The first-order valence-electron chi connectivity index (χ1n) is 6.38. The predicted octanol–water partition coefficient (Wildman–Crippen LogP) is 0.780. The normalized spacial score (nSPS) is 27.6. The Hall–Kier alpha value is -0.320. The van der Waals surface area contributed by atoms with Gasteiger partial charge in [-0.1, -0.05) is 0 Å². The Balaban J connectivity index is 0.00000144. The first kappa shape index (κ1) is 14.7. The summed E-state index contributed by atoms with van der Waals surface area (Å²) in [6, 6.07) is 0.0584. The Bertz CT molecular complexity index is 247. The van der Waals surface area contributed by atoms with Gasteiger partial charge in [-0.25, -0.2) is 0 Å². The number of carbonyl (C=O) groups excluding carboxylic acids is 1. The number of rotatable bonds is 2. The van der Waals surface area contributed by atoms with E-state index in [9.17, 15) is 9.90 Å². The van der Waals surface area contributed by atoms with Gasteiger partial charge in [-0.15, -0.1) is 12.4 Å². The Morgan fingerprint density at radius 2 is 2.00 bits per heavy atom. The highest BCUT2D eigenvalue weighted by atomic mass is 35.5. The van der Waals surface area contributed by atoms with Crippen molar-refractivity contribution in [3.8, 4) is 0 Å². The number of piperidine rings is 1. The molecule has 0 saturated carbocycles. The number of nitrogens with zero attached hydrogens (tertiary/aromatic N) is 1. The monoisotopic (exact) mass is 262 g/mol. The summed E-state index contributed by atoms with van der Waals surface area (Å²) in [5.41, 5.74) is 0. The highest BCUT2D eigenvalue weighted by Crippen LogP contribution is 2.21. The predicted molar refractivity (Wildman–Crippen MR) is 69.3 cm³/mol. The molecule has 0 radical (unpaired) electrons. The van der Waals surface area contributed by atoms with Crippen LogP contribution in [0.5, 0.6) is 0 Å². The van der Waals surface area contributed by atoms with Gasteiger partial charge in [0.2, 0.25) is 5.91 Å². The van der Waals surface area contributed by atoms with Crippen molar-refractivity contribution in [2.24, 2.45) is 5.92 Å². The van der Waals surface area contributed by atoms with E-state index in [1.807, 2.05) is 11.8 Å². The van der Waals surface area contributed by atoms with Crippen molar-refractivity contribution in [1.29, 1.82) is 0 Å². The van der Waals surface area contributed by atoms with Crippen LogP contribution in [-0.2, 0) is 4.79 Å². The lowest BCUT2D eigenvalue weighted by molar-refractivity contribution is -0.135. The fourth-order valence-electron chi connectivity index (χ4n) is 2.72. The second kappa shape index (κ2) is 6.57. The molecule has 2 rings (SSSR count). The molecule has 0 aromatic rings. The molecule has 1 unspecified atom stereocenters. The topological polar surface area (TPSA) is 52.6 Å². The molecular weight excluding hydrogens is 240 g/mol. The van der Waals surface area contributed by atoms with Gasteiger partial charge in [0.05, 0.1) is 12.1 Å². The minimum atomic E-state index is -0.234. The Kier molecular flexibility index (Phi) is 5.70. The van der Waals surface area contributed by atoms with E-state index in [0.717, 1.165) is 45.3 Å². The van der Waals surface area contributed by atoms with E-state index in [0.29, 0.717) is 5.92 Å². The molecule has 5 heteroatoms. The van der Waals surface area contributed by atoms with Crippen molar-refractivity contribution in [2.45, 2.75) is 44.8 Å². The number of aliphatic hydroxyl groups excluding tert-OH is 1. The first-order valence-corrected chi connectivity index (χ1v) is 6.38. The number of hydrogen-bond acceptors (Lipinski definition) is 3. The molecule has 0 aliphatic carbocycles. The van der Waals surface area contributed by atoms with Crippen LogP contribution in [0.1, 0.15) is 32.6 Å². The maximum atomic E-state index is 12.1. The fraction of sp³-hybridized carbons (Fsp3) is 0.917. The summed E-state index contributed by atoms with van der Waals surface area (Å²) in [5, 5.41) is 12.7. The molecule has 17 heavy (non-hydrogen) atoms. The van der Waals surface area contributed by atoms with Gasteiger partial charge in [-0.2, -0.15) is 0 Å². The third kappa shape index (κ3) is 3.57. The van der Waals surface area contributed by atoms with Gasteiger partial charge in [0.15, 0.2) is 0 Å². The molecule has 2 fully saturated rings. The van der Waals surface area contributed by atoms with Crippen molar-refractivity contribution in [3.63, 3.8) is 0 Å². The van der Waals surface area contributed by atoms with Crippen LogP contribution in [0.25, 0.3) is 0 Å². The average Bonchev–Trinajstić information content (AvgIpc) is 2.81. The molecule has 0 bridgehead atoms. The summed E-state index contributed by atoms with van der Waals surface area (Å²) < 4.78 is 0. The molecule has 0 aromatic carbocycles. The zero-order valence-electron chi connectivity index (χ0n) is 10.4. The number of hydrogen-bond donors (Lipinski definition) is 2. The van der Waals surface area contributed by atoms with Gasteiger partial charge in [-0.3, -0.25) is 4.79 Å². The van der Waals surface area contributed by atoms with Gasteiger partial charge >= 0.3 is 0 Å². The van der Waals surface area contributed by atoms with E-state index in [1.165, 1.54) is 0 Å². The minimum Gasteiger partial charge on any atom is -0.393 e. The SMILES string of the molecule is CC(O)C1CCN(C(=O)[C@@H]2CCCN2)CC1.Cl. The van der Waals surface area contributed by atoms with E-state index in [4.69, 9.17) is 0 Å². The van der Waals surface area contributed by atoms with Crippen LogP contribution < -0.4 is 5.32 Å². The van der Waals surface area contributed by atoms with Gasteiger partial charge in [-0.05, 0) is 45.1 Å². The number of likely N-dealkylation sites (tertiary alicyclic amines) is 1. The van der Waals surface area contributed by atoms with E-state index in [2.05, 4.69) is 5.32 Å². The van der Waals surface area contributed by atoms with Crippen molar-refractivity contribution in [3.05, 3.63) is 0 Å². The van der Waals surface area contributed by atoms with Gasteiger partial charge < -0.3 is 15.3 Å². The fourth-order valence-corrected chi connectivity index (χ4v) is 2.72. The second-order valence-corrected chi connectivity index (χ2v) is 5.05. The standard InChI is InChI=1S/C12H22N2O2.ClH/c1-9(15)10-4-7-14(8-5-10)12(16)11-3-2-6-13-11;/h9-11,13,15H,2-8H2,1H3;1H/t9?,11-;/m0./s1. The first-order chi connectivity index (χ1) is 7.68. The molecule has 2 aliphatic heterocycles. The molecule has 100 valence electrons. The van der Waals surface area contributed by atoms with E-state index in [-0.39, 0.29) is 30.5 Å². The van der Waals surface area contributed by atoms with E-state index < -0.39 is 0 Å². The molecule has 2 saturated heterocycles. The summed E-state index contributed by atoms with van der Waals surface area (Å²) >= 11 is 0. The quantitative estimate of drug-likeness (QED) is 0.773. The lowest BCUT2D eigenvalue weighted by Crippen LogP contribution is -2.47. The van der Waals surface area contributed by atoms with Gasteiger partial charge in [0.25, 0.3) is 0 Å². The highest BCUT2D eigenvalue weighted by Gasteiger charge is 2.30. The number of aliphatic hydroxyl groups is 1. The summed E-state index contributed by atoms with van der Waals surface area (Å²) in [6.07, 6.45) is 3.74. The summed E-state index contributed by atoms with van der Waals surface area (Å²) in [5.74, 6) is 0.641. The minimum absolute atomic E-state index is 0. The van der Waals surface area contributed by atoms with Crippen LogP contribution in [0, 0.1) is 5.92 Å². The van der Waals surface area contributed by atoms with Crippen LogP contribution >= 0.6 is 12.4 Å². The number of nitrogens with one attached hydrogen (secondary N) is 1. The van der Waals surface area contributed by atoms with Crippen LogP contribution in [0.3, 0.4) is 0 Å². The second-order valence-electron chi connectivity index (χ2n) is 5.05. The molecule has 2 N–H and O–H groups in total. The third-order valence-electron chi connectivity index (χ3n) is 3.89. The maximum Gasteiger partial charge on any atom is 0.239 e. The Morgan fingerprint density at radius 3 is 2.47 bits per heavy atom. The van der Waals surface area contributed by atoms with Gasteiger partial charge in [0, 0.05) is 13.1 Å². The smallest absolute Gasteiger partial charge is 0.239 e. The molecule has 1 amide bonds. The summed E-state index contributed by atoms with van der Waals surface area (Å²) in [6.45, 7) is 4.44. The molecule has 4 nitrogen and oxygen atoms in total. The van der Waals surface area contributed by atoms with Crippen molar-refractivity contribution in [2.75, 3.05) is 19.6 Å². The zero-order chi connectivity index (χ0) is 11.5. The number of halogens is 1. The Labute approximate surface area is 109 Å². The Morgan fingerprint density at radius 1 is 1.35 bits per heavy atom. The van der Waals surface area contributed by atoms with E-state index >= 15 is 0 Å². The summed E-state index contributed by atoms with van der Waals surface area (Å²) in [7, 11) is 0. The molecule has 2 heterocycles.